The minimum atomic E-state index is 0.291. The van der Waals surface area contributed by atoms with Gasteiger partial charge in [-0.2, -0.15) is 0 Å². The molecule has 1 heterocycles. The quantitative estimate of drug-likeness (QED) is 0.782. The standard InChI is InChI=1S/C15H31N3/c1-17-11-7-8-14(12-17)18(2)15(13-16)9-5-3-4-6-10-15/h14H,3-13,16H2,1-2H3. The van der Waals surface area contributed by atoms with Gasteiger partial charge in [-0.1, -0.05) is 25.7 Å². The molecule has 0 spiro atoms. The number of nitrogens with zero attached hydrogens (tertiary/aromatic N) is 2. The molecule has 2 aliphatic rings. The maximum absolute atomic E-state index is 6.19. The molecule has 2 fully saturated rings. The van der Waals surface area contributed by atoms with Gasteiger partial charge in [-0.15, -0.1) is 0 Å². The fourth-order valence-electron chi connectivity index (χ4n) is 3.93. The minimum absolute atomic E-state index is 0.291. The second kappa shape index (κ2) is 6.36. The molecule has 3 heteroatoms. The third-order valence-electron chi connectivity index (χ3n) is 5.31. The van der Waals surface area contributed by atoms with Crippen LogP contribution in [0.25, 0.3) is 0 Å². The van der Waals surface area contributed by atoms with Crippen molar-refractivity contribution in [3.63, 3.8) is 0 Å². The largest absolute Gasteiger partial charge is 0.329 e. The zero-order valence-corrected chi connectivity index (χ0v) is 12.3. The van der Waals surface area contributed by atoms with E-state index in [2.05, 4.69) is 23.9 Å². The van der Waals surface area contributed by atoms with Crippen molar-refractivity contribution in [2.45, 2.75) is 62.9 Å². The molecule has 1 saturated heterocycles. The Hall–Kier alpha value is -0.120. The van der Waals surface area contributed by atoms with E-state index in [1.54, 1.807) is 0 Å². The number of piperidine rings is 1. The molecule has 1 atom stereocenters. The number of hydrogen-bond donors (Lipinski definition) is 1. The fraction of sp³-hybridized carbons (Fsp3) is 1.00. The normalized spacial score (nSPS) is 30.3. The Morgan fingerprint density at radius 1 is 1.17 bits per heavy atom. The fourth-order valence-corrected chi connectivity index (χ4v) is 3.93. The van der Waals surface area contributed by atoms with Gasteiger partial charge in [-0.25, -0.2) is 0 Å². The number of rotatable bonds is 3. The Morgan fingerprint density at radius 3 is 2.39 bits per heavy atom. The summed E-state index contributed by atoms with van der Waals surface area (Å²) in [5.74, 6) is 0. The van der Waals surface area contributed by atoms with Gasteiger partial charge >= 0.3 is 0 Å². The Kier molecular flexibility index (Phi) is 5.05. The summed E-state index contributed by atoms with van der Waals surface area (Å²) >= 11 is 0. The van der Waals surface area contributed by atoms with Gasteiger partial charge in [-0.05, 0) is 46.3 Å². The molecule has 0 aromatic rings. The molecule has 0 bridgehead atoms. The lowest BCUT2D eigenvalue weighted by molar-refractivity contribution is 0.0282. The van der Waals surface area contributed by atoms with E-state index in [0.717, 1.165) is 6.54 Å². The van der Waals surface area contributed by atoms with Crippen molar-refractivity contribution in [1.29, 1.82) is 0 Å². The zero-order chi connectivity index (χ0) is 13.0. The van der Waals surface area contributed by atoms with Gasteiger partial charge in [0.15, 0.2) is 0 Å². The van der Waals surface area contributed by atoms with Crippen LogP contribution in [0.2, 0.25) is 0 Å². The van der Waals surface area contributed by atoms with Crippen LogP contribution in [0.3, 0.4) is 0 Å². The van der Waals surface area contributed by atoms with Crippen LogP contribution in [0.1, 0.15) is 51.4 Å². The molecule has 1 saturated carbocycles. The van der Waals surface area contributed by atoms with Gasteiger partial charge in [-0.3, -0.25) is 4.90 Å². The first-order valence-electron chi connectivity index (χ1n) is 7.79. The second-order valence-corrected chi connectivity index (χ2v) is 6.51. The Morgan fingerprint density at radius 2 is 1.83 bits per heavy atom. The second-order valence-electron chi connectivity index (χ2n) is 6.51. The molecule has 1 aliphatic carbocycles. The van der Waals surface area contributed by atoms with Crippen LogP contribution in [0.5, 0.6) is 0 Å². The lowest BCUT2D eigenvalue weighted by Gasteiger charge is -2.47. The van der Waals surface area contributed by atoms with E-state index in [4.69, 9.17) is 5.73 Å². The summed E-state index contributed by atoms with van der Waals surface area (Å²) in [4.78, 5) is 5.14. The summed E-state index contributed by atoms with van der Waals surface area (Å²) in [7, 11) is 4.59. The van der Waals surface area contributed by atoms with Crippen LogP contribution in [-0.4, -0.2) is 55.1 Å². The third kappa shape index (κ3) is 3.06. The molecule has 106 valence electrons. The lowest BCUT2D eigenvalue weighted by Crippen LogP contribution is -2.59. The Balaban J connectivity index is 2.05. The van der Waals surface area contributed by atoms with E-state index in [1.165, 1.54) is 64.5 Å². The van der Waals surface area contributed by atoms with Crippen molar-refractivity contribution < 1.29 is 0 Å². The van der Waals surface area contributed by atoms with Crippen LogP contribution < -0.4 is 5.73 Å². The monoisotopic (exact) mass is 253 g/mol. The molecule has 1 unspecified atom stereocenters. The Bertz CT molecular complexity index is 246. The average Bonchev–Trinajstić information content (AvgIpc) is 2.64. The SMILES string of the molecule is CN1CCCC(N(C)C2(CN)CCCCCC2)C1. The number of nitrogens with two attached hydrogens (primary N) is 1. The van der Waals surface area contributed by atoms with E-state index in [1.807, 2.05) is 0 Å². The highest BCUT2D eigenvalue weighted by atomic mass is 15.3. The maximum Gasteiger partial charge on any atom is 0.0332 e. The first-order chi connectivity index (χ1) is 8.68. The van der Waals surface area contributed by atoms with Crippen molar-refractivity contribution in [3.05, 3.63) is 0 Å². The molecule has 3 nitrogen and oxygen atoms in total. The number of hydrogen-bond acceptors (Lipinski definition) is 3. The van der Waals surface area contributed by atoms with Crippen molar-refractivity contribution in [1.82, 2.24) is 9.80 Å². The molecule has 0 radical (unpaired) electrons. The van der Waals surface area contributed by atoms with Crippen LogP contribution in [-0.2, 0) is 0 Å². The van der Waals surface area contributed by atoms with Crippen LogP contribution in [0, 0.1) is 0 Å². The van der Waals surface area contributed by atoms with Gasteiger partial charge in [0.1, 0.15) is 0 Å². The lowest BCUT2D eigenvalue weighted by atomic mass is 9.86. The summed E-state index contributed by atoms with van der Waals surface area (Å²) in [6.45, 7) is 3.32. The van der Waals surface area contributed by atoms with Gasteiger partial charge in [0.05, 0.1) is 0 Å². The highest BCUT2D eigenvalue weighted by Gasteiger charge is 2.38. The zero-order valence-electron chi connectivity index (χ0n) is 12.3. The summed E-state index contributed by atoms with van der Waals surface area (Å²) in [6, 6.07) is 0.713. The van der Waals surface area contributed by atoms with Crippen molar-refractivity contribution in [2.24, 2.45) is 5.73 Å². The average molecular weight is 253 g/mol. The summed E-state index contributed by atoms with van der Waals surface area (Å²) in [6.07, 6.45) is 10.8. The molecule has 0 aromatic heterocycles. The molecule has 1 aliphatic heterocycles. The van der Waals surface area contributed by atoms with Crippen LogP contribution >= 0.6 is 0 Å². The number of likely N-dealkylation sites (tertiary alicyclic amines) is 1. The molecular weight excluding hydrogens is 222 g/mol. The predicted octanol–water partition coefficient (Wildman–Crippen LogP) is 2.06. The van der Waals surface area contributed by atoms with Gasteiger partial charge in [0, 0.05) is 24.7 Å². The highest BCUT2D eigenvalue weighted by molar-refractivity contribution is 4.95. The molecule has 0 aromatic carbocycles. The van der Waals surface area contributed by atoms with E-state index >= 15 is 0 Å². The van der Waals surface area contributed by atoms with Gasteiger partial charge in [0.25, 0.3) is 0 Å². The van der Waals surface area contributed by atoms with Crippen molar-refractivity contribution >= 4 is 0 Å². The van der Waals surface area contributed by atoms with Gasteiger partial charge < -0.3 is 10.6 Å². The summed E-state index contributed by atoms with van der Waals surface area (Å²) < 4.78 is 0. The smallest absolute Gasteiger partial charge is 0.0332 e. The first-order valence-corrected chi connectivity index (χ1v) is 7.79. The predicted molar refractivity (Wildman–Crippen MR) is 77.8 cm³/mol. The Labute approximate surface area is 113 Å². The van der Waals surface area contributed by atoms with Crippen LogP contribution in [0.4, 0.5) is 0 Å². The minimum Gasteiger partial charge on any atom is -0.329 e. The van der Waals surface area contributed by atoms with Crippen molar-refractivity contribution in [3.8, 4) is 0 Å². The van der Waals surface area contributed by atoms with E-state index < -0.39 is 0 Å². The van der Waals surface area contributed by atoms with Crippen molar-refractivity contribution in [2.75, 3.05) is 33.7 Å². The van der Waals surface area contributed by atoms with E-state index in [9.17, 15) is 0 Å². The van der Waals surface area contributed by atoms with Gasteiger partial charge in [0.2, 0.25) is 0 Å². The number of likely N-dealkylation sites (N-methyl/N-ethyl adjacent to an activating group) is 2. The maximum atomic E-state index is 6.19. The van der Waals surface area contributed by atoms with Crippen LogP contribution in [0.15, 0.2) is 0 Å². The summed E-state index contributed by atoms with van der Waals surface area (Å²) in [5, 5.41) is 0. The third-order valence-corrected chi connectivity index (χ3v) is 5.31. The highest BCUT2D eigenvalue weighted by Crippen LogP contribution is 2.33. The molecule has 2 rings (SSSR count). The molecule has 18 heavy (non-hydrogen) atoms. The summed E-state index contributed by atoms with van der Waals surface area (Å²) in [5.41, 5.74) is 6.49. The molecule has 2 N–H and O–H groups in total. The molecule has 0 amide bonds. The first kappa shape index (κ1) is 14.3. The van der Waals surface area contributed by atoms with E-state index in [0.29, 0.717) is 11.6 Å². The van der Waals surface area contributed by atoms with E-state index in [-0.39, 0.29) is 0 Å². The molecular formula is C15H31N3. The topological polar surface area (TPSA) is 32.5 Å².